The molecule has 4 atom stereocenters. The fourth-order valence-corrected chi connectivity index (χ4v) is 8.76. The Balaban J connectivity index is 1.01. The zero-order valence-electron chi connectivity index (χ0n) is 34.9. The highest BCUT2D eigenvalue weighted by molar-refractivity contribution is 5.87. The molecule has 5 aromatic rings. The van der Waals surface area contributed by atoms with Crippen LogP contribution in [0.15, 0.2) is 85.1 Å². The van der Waals surface area contributed by atoms with E-state index in [2.05, 4.69) is 93.4 Å². The molecule has 4 N–H and O–H groups in total. The molecule has 3 aliphatic heterocycles. The summed E-state index contributed by atoms with van der Waals surface area (Å²) < 4.78 is 9.67. The second-order valence-electron chi connectivity index (χ2n) is 16.3. The largest absolute Gasteiger partial charge is 0.453 e. The van der Waals surface area contributed by atoms with Crippen molar-refractivity contribution in [1.29, 1.82) is 0 Å². The third-order valence-corrected chi connectivity index (χ3v) is 12.0. The minimum atomic E-state index is -0.781. The Morgan fingerprint density at radius 1 is 0.803 bits per heavy atom. The maximum Gasteiger partial charge on any atom is 0.407 e. The van der Waals surface area contributed by atoms with Crippen LogP contribution in [0.4, 0.5) is 9.59 Å². The van der Waals surface area contributed by atoms with Crippen LogP contribution in [0.25, 0.3) is 39.7 Å². The number of hydrogen-bond acceptors (Lipinski definition) is 8. The lowest BCUT2D eigenvalue weighted by molar-refractivity contribution is -0.135. The molecule has 2 aromatic heterocycles. The number of H-pyrrole nitrogens is 2. The summed E-state index contributed by atoms with van der Waals surface area (Å²) in [5, 5.41) is 5.49. The van der Waals surface area contributed by atoms with E-state index in [0.717, 1.165) is 87.8 Å². The van der Waals surface area contributed by atoms with Gasteiger partial charge in [-0.2, -0.15) is 0 Å². The topological polar surface area (TPSA) is 175 Å². The fourth-order valence-electron chi connectivity index (χ4n) is 8.76. The molecule has 0 spiro atoms. The maximum atomic E-state index is 14.1. The fraction of sp³-hybridized carbons (Fsp3) is 0.362. The smallest absolute Gasteiger partial charge is 0.407 e. The molecule has 316 valence electrons. The van der Waals surface area contributed by atoms with Crippen molar-refractivity contribution >= 4 is 30.1 Å². The molecule has 4 amide bonds. The Morgan fingerprint density at radius 3 is 2.20 bits per heavy atom. The zero-order valence-corrected chi connectivity index (χ0v) is 34.9. The van der Waals surface area contributed by atoms with E-state index in [1.54, 1.807) is 6.20 Å². The third-order valence-electron chi connectivity index (χ3n) is 12.0. The number of fused-ring (bicyclic) bond motifs is 6. The number of imidazole rings is 2. The number of amides is 4. The average molecular weight is 825 g/mol. The van der Waals surface area contributed by atoms with E-state index < -0.39 is 24.3 Å². The normalized spacial score (nSPS) is 19.8. The average Bonchev–Trinajstić information content (AvgIpc) is 4.12. The predicted molar refractivity (Wildman–Crippen MR) is 231 cm³/mol. The van der Waals surface area contributed by atoms with Gasteiger partial charge in [0.25, 0.3) is 0 Å². The van der Waals surface area contributed by atoms with Crippen LogP contribution in [0.1, 0.15) is 80.1 Å². The quantitative estimate of drug-likeness (QED) is 0.125. The van der Waals surface area contributed by atoms with E-state index in [-0.39, 0.29) is 29.8 Å². The van der Waals surface area contributed by atoms with Crippen molar-refractivity contribution in [2.45, 2.75) is 76.5 Å². The van der Waals surface area contributed by atoms with E-state index in [4.69, 9.17) is 19.4 Å². The van der Waals surface area contributed by atoms with Crippen molar-refractivity contribution in [3.05, 3.63) is 114 Å². The number of nitrogens with zero attached hydrogens (tertiary/aromatic N) is 4. The van der Waals surface area contributed by atoms with Gasteiger partial charge in [0.05, 0.1) is 49.6 Å². The maximum absolute atomic E-state index is 14.1. The van der Waals surface area contributed by atoms with Gasteiger partial charge in [0.15, 0.2) is 0 Å². The summed E-state index contributed by atoms with van der Waals surface area (Å²) >= 11 is 0. The monoisotopic (exact) mass is 824 g/mol. The van der Waals surface area contributed by atoms with E-state index in [1.165, 1.54) is 14.2 Å². The number of rotatable bonds is 8. The molecule has 2 saturated heterocycles. The molecule has 0 unspecified atom stereocenters. The Bertz CT molecular complexity index is 2420. The van der Waals surface area contributed by atoms with Gasteiger partial charge in [-0.05, 0) is 71.9 Å². The molecule has 5 heterocycles. The number of alkyl carbamates (subject to hydrolysis) is 2. The lowest BCUT2D eigenvalue weighted by Gasteiger charge is -2.30. The second kappa shape index (κ2) is 17.9. The molecule has 4 bridgehead atoms. The number of methoxy groups -OCH3 is 2. The van der Waals surface area contributed by atoms with Crippen LogP contribution in [0.3, 0.4) is 0 Å². The molecule has 8 rings (SSSR count). The Labute approximate surface area is 355 Å². The van der Waals surface area contributed by atoms with Crippen LogP contribution in [0.5, 0.6) is 0 Å². The van der Waals surface area contributed by atoms with Crippen molar-refractivity contribution in [2.24, 2.45) is 5.92 Å². The molecule has 2 fully saturated rings. The Kier molecular flexibility index (Phi) is 12.0. The zero-order chi connectivity index (χ0) is 42.6. The lowest BCUT2D eigenvalue weighted by atomic mass is 10.00. The number of hydrogen-bond donors (Lipinski definition) is 4. The summed E-state index contributed by atoms with van der Waals surface area (Å²) in [5.74, 6) is 1.02. The summed E-state index contributed by atoms with van der Waals surface area (Å²) in [7, 11) is 2.59. The summed E-state index contributed by atoms with van der Waals surface area (Å²) in [6.07, 6.45) is 8.97. The van der Waals surface area contributed by atoms with Gasteiger partial charge in [-0.1, -0.05) is 92.7 Å². The van der Waals surface area contributed by atoms with Crippen LogP contribution in [-0.4, -0.2) is 93.1 Å². The first kappa shape index (κ1) is 41.1. The lowest BCUT2D eigenvalue weighted by Crippen LogP contribution is -2.51. The molecule has 3 aliphatic rings. The minimum absolute atomic E-state index is 0.111. The number of benzene rings is 3. The van der Waals surface area contributed by atoms with E-state index in [9.17, 15) is 19.2 Å². The first-order valence-electron chi connectivity index (χ1n) is 21.0. The number of aromatic nitrogens is 4. The molecular weight excluding hydrogens is 773 g/mol. The first-order valence-corrected chi connectivity index (χ1v) is 21.0. The summed E-state index contributed by atoms with van der Waals surface area (Å²) in [6.45, 7) is 4.96. The van der Waals surface area contributed by atoms with E-state index in [0.29, 0.717) is 25.9 Å². The van der Waals surface area contributed by atoms with Crippen LogP contribution < -0.4 is 10.6 Å². The number of allylic oxidation sites excluding steroid dienone is 1. The van der Waals surface area contributed by atoms with E-state index >= 15 is 0 Å². The Morgan fingerprint density at radius 2 is 1.48 bits per heavy atom. The van der Waals surface area contributed by atoms with Crippen LogP contribution in [0, 0.1) is 5.92 Å². The van der Waals surface area contributed by atoms with Gasteiger partial charge in [-0.3, -0.25) is 9.59 Å². The molecule has 0 radical (unpaired) electrons. The summed E-state index contributed by atoms with van der Waals surface area (Å²) in [6, 6.07) is 22.8. The first-order chi connectivity index (χ1) is 29.6. The molecular formula is C47H52N8O6. The molecule has 3 aromatic carbocycles. The third kappa shape index (κ3) is 8.79. The number of carbonyl (C=O) groups is 4. The van der Waals surface area contributed by atoms with Gasteiger partial charge < -0.3 is 39.9 Å². The standard InChI is InChI=1S/C47H52N8O6/c1-28(2)40(53-47(59)61-4)45(57)55-24-7-13-38(55)42-48-27-37(50-42)33-19-15-31(16-20-33)32-17-21-34(22-18-32)41-35-12-6-10-29-9-5-11-30(25-29)26-36(51-46(58)60-3)44(56)54-23-8-14-39(54)43(49-35)52-41/h5-6,9,11-12,15-22,25,27-28,36,38-40H,7-8,10,13-14,23-24,26H2,1-4H3,(H,48,50)(H,49,52)(H,51,58)(H,53,59)/b12-6-/t36-,38+,39-,40-/m0/s1. The highest BCUT2D eigenvalue weighted by atomic mass is 16.5. The number of likely N-dealkylation sites (tertiary alicyclic amines) is 1. The van der Waals surface area contributed by atoms with Crippen LogP contribution in [0.2, 0.25) is 0 Å². The molecule has 14 heteroatoms. The Hall–Kier alpha value is -6.70. The van der Waals surface area contributed by atoms with Crippen LogP contribution >= 0.6 is 0 Å². The molecule has 0 aliphatic carbocycles. The SMILES string of the molecule is COC(=O)N[C@H]1Cc2cccc(c2)C/C=C\c2[nH]c(nc2-c2ccc(-c3ccc(-c4cnc([C@H]5CCCN5C(=O)[C@@H](NC(=O)OC)C(C)C)[nH]4)cc3)cc2)[C@@H]2CCCN2C1=O. The summed E-state index contributed by atoms with van der Waals surface area (Å²) in [4.78, 5) is 72.6. The van der Waals surface area contributed by atoms with E-state index in [1.807, 2.05) is 35.8 Å². The second-order valence-corrected chi connectivity index (χ2v) is 16.3. The van der Waals surface area contributed by atoms with Gasteiger partial charge in [0, 0.05) is 25.1 Å². The molecule has 0 saturated carbocycles. The minimum Gasteiger partial charge on any atom is -0.453 e. The summed E-state index contributed by atoms with van der Waals surface area (Å²) in [5.41, 5.74) is 8.59. The van der Waals surface area contributed by atoms with Crippen LogP contribution in [-0.2, 0) is 31.9 Å². The highest BCUT2D eigenvalue weighted by Gasteiger charge is 2.39. The van der Waals surface area contributed by atoms with Gasteiger partial charge in [-0.15, -0.1) is 0 Å². The molecule has 14 nitrogen and oxygen atoms in total. The predicted octanol–water partition coefficient (Wildman–Crippen LogP) is 7.38. The molecule has 61 heavy (non-hydrogen) atoms. The number of nitrogens with one attached hydrogen (secondary N) is 4. The number of aromatic amines is 2. The van der Waals surface area contributed by atoms with Gasteiger partial charge in [0.2, 0.25) is 11.8 Å². The highest BCUT2D eigenvalue weighted by Crippen LogP contribution is 2.36. The van der Waals surface area contributed by atoms with Crippen molar-refractivity contribution < 1.29 is 28.7 Å². The van der Waals surface area contributed by atoms with Crippen molar-refractivity contribution in [2.75, 3.05) is 27.3 Å². The number of carbonyl (C=O) groups excluding carboxylic acids is 4. The van der Waals surface area contributed by atoms with Crippen molar-refractivity contribution in [3.63, 3.8) is 0 Å². The van der Waals surface area contributed by atoms with Crippen molar-refractivity contribution in [3.8, 4) is 33.6 Å². The van der Waals surface area contributed by atoms with Gasteiger partial charge in [0.1, 0.15) is 23.7 Å². The number of ether oxygens (including phenoxy) is 2. The van der Waals surface area contributed by atoms with Gasteiger partial charge >= 0.3 is 12.2 Å². The van der Waals surface area contributed by atoms with Gasteiger partial charge in [-0.25, -0.2) is 19.6 Å². The van der Waals surface area contributed by atoms with Crippen molar-refractivity contribution in [1.82, 2.24) is 40.4 Å².